The third kappa shape index (κ3) is 8.11. The molecule has 10 heteroatoms. The number of rotatable bonds is 9. The lowest BCUT2D eigenvalue weighted by atomic mass is 10.2. The second kappa shape index (κ2) is 7.69. The molecule has 0 aliphatic carbocycles. The number of methoxy groups -OCH3 is 1. The monoisotopic (exact) mass is 297 g/mol. The number of carbonyl (C=O) groups is 3. The summed E-state index contributed by atoms with van der Waals surface area (Å²) in [5.74, 6) is -4.10. The molecule has 0 saturated carbocycles. The van der Waals surface area contributed by atoms with Crippen molar-refractivity contribution >= 4 is 27.9 Å². The number of hydrogen-bond donors (Lipinski definition) is 3. The van der Waals surface area contributed by atoms with Crippen LogP contribution in [0, 0.1) is 0 Å². The highest BCUT2D eigenvalue weighted by Gasteiger charge is 2.25. The lowest BCUT2D eigenvalue weighted by Crippen LogP contribution is -2.42. The van der Waals surface area contributed by atoms with Gasteiger partial charge < -0.3 is 14.9 Å². The molecule has 0 heterocycles. The van der Waals surface area contributed by atoms with Gasteiger partial charge in [0.1, 0.15) is 6.04 Å². The Kier molecular flexibility index (Phi) is 7.01. The summed E-state index contributed by atoms with van der Waals surface area (Å²) in [4.78, 5) is 31.9. The normalized spacial score (nSPS) is 12.7. The van der Waals surface area contributed by atoms with E-state index in [1.165, 1.54) is 0 Å². The zero-order valence-electron chi connectivity index (χ0n) is 10.2. The summed E-state index contributed by atoms with van der Waals surface area (Å²) >= 11 is 0. The van der Waals surface area contributed by atoms with Crippen LogP contribution in [0.2, 0.25) is 0 Å². The van der Waals surface area contributed by atoms with Crippen molar-refractivity contribution in [1.29, 1.82) is 0 Å². The molecule has 0 aromatic carbocycles. The molecule has 3 N–H and O–H groups in total. The van der Waals surface area contributed by atoms with Gasteiger partial charge in [-0.1, -0.05) is 0 Å². The molecule has 0 radical (unpaired) electrons. The SMILES string of the molecule is COC(=O)CCS(=O)(=O)N[C@@H](CCC(=O)O)C(=O)O. The molecule has 110 valence electrons. The minimum atomic E-state index is -4.00. The lowest BCUT2D eigenvalue weighted by Gasteiger charge is -2.13. The van der Waals surface area contributed by atoms with Crippen LogP contribution in [0.25, 0.3) is 0 Å². The molecule has 9 nitrogen and oxygen atoms in total. The molecular formula is C9H15NO8S. The Balaban J connectivity index is 4.51. The topological polar surface area (TPSA) is 147 Å². The van der Waals surface area contributed by atoms with Crippen LogP contribution in [-0.4, -0.2) is 55.4 Å². The maximum atomic E-state index is 11.5. The summed E-state index contributed by atoms with van der Waals surface area (Å²) in [5.41, 5.74) is 0. The van der Waals surface area contributed by atoms with E-state index in [2.05, 4.69) is 4.74 Å². The van der Waals surface area contributed by atoms with Gasteiger partial charge >= 0.3 is 17.9 Å². The Morgan fingerprint density at radius 1 is 1.21 bits per heavy atom. The zero-order chi connectivity index (χ0) is 15.1. The Bertz CT molecular complexity index is 443. The molecule has 0 fully saturated rings. The van der Waals surface area contributed by atoms with Crippen LogP contribution >= 0.6 is 0 Å². The fourth-order valence-corrected chi connectivity index (χ4v) is 2.30. The van der Waals surface area contributed by atoms with Gasteiger partial charge in [0.2, 0.25) is 10.0 Å². The third-order valence-electron chi connectivity index (χ3n) is 2.07. The van der Waals surface area contributed by atoms with Crippen molar-refractivity contribution in [3.63, 3.8) is 0 Å². The molecule has 0 saturated heterocycles. The summed E-state index contributed by atoms with van der Waals surface area (Å²) in [6.07, 6.45) is -1.30. The van der Waals surface area contributed by atoms with E-state index in [4.69, 9.17) is 10.2 Å². The summed E-state index contributed by atoms with van der Waals surface area (Å²) in [6, 6.07) is -1.54. The van der Waals surface area contributed by atoms with Gasteiger partial charge in [-0.3, -0.25) is 14.4 Å². The van der Waals surface area contributed by atoms with Crippen LogP contribution in [0.5, 0.6) is 0 Å². The van der Waals surface area contributed by atoms with E-state index in [1.807, 2.05) is 4.72 Å². The van der Waals surface area contributed by atoms with Crippen LogP contribution in [0.1, 0.15) is 19.3 Å². The standard InChI is InChI=1S/C9H15NO8S/c1-18-8(13)4-5-19(16,17)10-6(9(14)15)2-3-7(11)12/h6,10H,2-5H2,1H3,(H,11,12)(H,14,15)/t6-/m0/s1. The minimum absolute atomic E-state index is 0.387. The molecule has 1 atom stereocenters. The van der Waals surface area contributed by atoms with Crippen molar-refractivity contribution in [3.8, 4) is 0 Å². The minimum Gasteiger partial charge on any atom is -0.481 e. The summed E-state index contributed by atoms with van der Waals surface area (Å²) < 4.78 is 29.0. The number of carboxylic acid groups (broad SMARTS) is 2. The average Bonchev–Trinajstić information content (AvgIpc) is 2.31. The maximum Gasteiger partial charge on any atom is 0.321 e. The van der Waals surface area contributed by atoms with E-state index >= 15 is 0 Å². The van der Waals surface area contributed by atoms with Crippen LogP contribution in [-0.2, 0) is 29.1 Å². The van der Waals surface area contributed by atoms with E-state index in [0.717, 1.165) is 7.11 Å². The predicted octanol–water partition coefficient (Wildman–Crippen LogP) is -1.21. The highest BCUT2D eigenvalue weighted by atomic mass is 32.2. The Morgan fingerprint density at radius 2 is 1.79 bits per heavy atom. The quantitative estimate of drug-likeness (QED) is 0.449. The third-order valence-corrected chi connectivity index (χ3v) is 3.45. The number of sulfonamides is 1. The van der Waals surface area contributed by atoms with Gasteiger partial charge in [0, 0.05) is 6.42 Å². The lowest BCUT2D eigenvalue weighted by molar-refractivity contribution is -0.141. The van der Waals surface area contributed by atoms with Crippen LogP contribution in [0.3, 0.4) is 0 Å². The first-order valence-corrected chi connectivity index (χ1v) is 6.84. The molecule has 0 aromatic heterocycles. The number of nitrogens with one attached hydrogen (secondary N) is 1. The number of carboxylic acids is 2. The number of aliphatic carboxylic acids is 2. The fourth-order valence-electron chi connectivity index (χ4n) is 1.10. The Morgan fingerprint density at radius 3 is 2.21 bits per heavy atom. The average molecular weight is 297 g/mol. The molecule has 0 amide bonds. The molecule has 0 unspecified atom stereocenters. The molecule has 0 aliphatic heterocycles. The van der Waals surface area contributed by atoms with Crippen molar-refractivity contribution in [2.45, 2.75) is 25.3 Å². The van der Waals surface area contributed by atoms with Gasteiger partial charge in [0.05, 0.1) is 19.3 Å². The first-order valence-electron chi connectivity index (χ1n) is 5.19. The van der Waals surface area contributed by atoms with Crippen molar-refractivity contribution in [2.24, 2.45) is 0 Å². The first kappa shape index (κ1) is 17.3. The van der Waals surface area contributed by atoms with Crippen molar-refractivity contribution in [1.82, 2.24) is 4.72 Å². The van der Waals surface area contributed by atoms with Gasteiger partial charge in [-0.25, -0.2) is 13.1 Å². The van der Waals surface area contributed by atoms with Gasteiger partial charge in [-0.05, 0) is 6.42 Å². The van der Waals surface area contributed by atoms with Gasteiger partial charge in [0.25, 0.3) is 0 Å². The van der Waals surface area contributed by atoms with Crippen LogP contribution in [0.4, 0.5) is 0 Å². The zero-order valence-corrected chi connectivity index (χ0v) is 11.0. The highest BCUT2D eigenvalue weighted by molar-refractivity contribution is 7.89. The molecule has 0 aromatic rings. The summed E-state index contributed by atoms with van der Waals surface area (Å²) in [6.45, 7) is 0. The highest BCUT2D eigenvalue weighted by Crippen LogP contribution is 2.02. The Hall–Kier alpha value is -1.68. The van der Waals surface area contributed by atoms with Crippen molar-refractivity contribution in [3.05, 3.63) is 0 Å². The van der Waals surface area contributed by atoms with Gasteiger partial charge in [0.15, 0.2) is 0 Å². The molecule has 0 rings (SSSR count). The van der Waals surface area contributed by atoms with E-state index < -0.39 is 52.6 Å². The number of esters is 1. The van der Waals surface area contributed by atoms with Crippen LogP contribution < -0.4 is 4.72 Å². The second-order valence-corrected chi connectivity index (χ2v) is 5.46. The van der Waals surface area contributed by atoms with Gasteiger partial charge in [-0.2, -0.15) is 0 Å². The summed E-state index contributed by atoms with van der Waals surface area (Å²) in [7, 11) is -2.91. The molecule has 0 bridgehead atoms. The van der Waals surface area contributed by atoms with E-state index in [-0.39, 0.29) is 6.42 Å². The number of hydrogen-bond acceptors (Lipinski definition) is 6. The van der Waals surface area contributed by atoms with Gasteiger partial charge in [-0.15, -0.1) is 0 Å². The van der Waals surface area contributed by atoms with Crippen molar-refractivity contribution in [2.75, 3.05) is 12.9 Å². The second-order valence-electron chi connectivity index (χ2n) is 3.59. The largest absolute Gasteiger partial charge is 0.481 e. The Labute approximate surface area is 109 Å². The molecular weight excluding hydrogens is 282 g/mol. The van der Waals surface area contributed by atoms with E-state index in [9.17, 15) is 22.8 Å². The maximum absolute atomic E-state index is 11.5. The predicted molar refractivity (Wildman–Crippen MR) is 61.8 cm³/mol. The molecule has 19 heavy (non-hydrogen) atoms. The first-order chi connectivity index (χ1) is 8.68. The number of ether oxygens (including phenoxy) is 1. The summed E-state index contributed by atoms with van der Waals surface area (Å²) in [5, 5.41) is 17.2. The smallest absolute Gasteiger partial charge is 0.321 e. The van der Waals surface area contributed by atoms with E-state index in [0.29, 0.717) is 0 Å². The molecule has 0 aliphatic rings. The number of carbonyl (C=O) groups excluding carboxylic acids is 1. The molecule has 0 spiro atoms. The van der Waals surface area contributed by atoms with Crippen LogP contribution in [0.15, 0.2) is 0 Å². The fraction of sp³-hybridized carbons (Fsp3) is 0.667. The van der Waals surface area contributed by atoms with Crippen molar-refractivity contribution < 1.29 is 37.8 Å². The van der Waals surface area contributed by atoms with E-state index in [1.54, 1.807) is 0 Å².